The van der Waals surface area contributed by atoms with Gasteiger partial charge in [-0.1, -0.05) is 84.4 Å². The zero-order chi connectivity index (χ0) is 16.8. The normalized spacial score (nSPS) is 12.0. The van der Waals surface area contributed by atoms with Crippen molar-refractivity contribution >= 4 is 0 Å². The van der Waals surface area contributed by atoms with Crippen LogP contribution in [0.2, 0.25) is 0 Å². The highest BCUT2D eigenvalue weighted by molar-refractivity contribution is 5.84. The van der Waals surface area contributed by atoms with Crippen molar-refractivity contribution in [1.82, 2.24) is 9.55 Å². The van der Waals surface area contributed by atoms with Crippen LogP contribution in [0.4, 0.5) is 0 Å². The molecule has 2 heterocycles. The lowest BCUT2D eigenvalue weighted by molar-refractivity contribution is 0.856. The molecule has 0 radical (unpaired) electrons. The molecule has 120 valence electrons. The summed E-state index contributed by atoms with van der Waals surface area (Å²) in [6.07, 6.45) is 0. The summed E-state index contributed by atoms with van der Waals surface area (Å²) in [7, 11) is 0. The number of rotatable bonds is 2. The van der Waals surface area contributed by atoms with Crippen LogP contribution in [-0.4, -0.2) is 9.55 Å². The van der Waals surface area contributed by atoms with E-state index in [-0.39, 0.29) is 0 Å². The van der Waals surface area contributed by atoms with Crippen LogP contribution in [0.1, 0.15) is 11.1 Å². The zero-order valence-corrected chi connectivity index (χ0v) is 14.1. The average molecular weight is 322 g/mol. The molecule has 0 saturated heterocycles. The fourth-order valence-electron chi connectivity index (χ4n) is 3.66. The number of hydrogen-bond acceptors (Lipinski definition) is 1. The van der Waals surface area contributed by atoms with Gasteiger partial charge < -0.3 is 4.57 Å². The lowest BCUT2D eigenvalue weighted by atomic mass is 10.0. The Balaban J connectivity index is 1.79. The van der Waals surface area contributed by atoms with Crippen LogP contribution in [0.15, 0.2) is 78.9 Å². The first kappa shape index (κ1) is 14.2. The number of nitrogens with zero attached hydrogens (tertiary/aromatic N) is 2. The van der Waals surface area contributed by atoms with E-state index in [1.807, 2.05) is 0 Å². The SMILES string of the molecule is Cc1ccc(-c2nc3n(c2-c2ccccc2)Cc2ccccc2-3)cc1. The molecule has 0 aliphatic carbocycles. The van der Waals surface area contributed by atoms with E-state index in [9.17, 15) is 0 Å². The molecule has 5 rings (SSSR count). The van der Waals surface area contributed by atoms with Crippen LogP contribution in [0.25, 0.3) is 33.9 Å². The summed E-state index contributed by atoms with van der Waals surface area (Å²) in [5.74, 6) is 1.07. The van der Waals surface area contributed by atoms with E-state index in [4.69, 9.17) is 4.98 Å². The fourth-order valence-corrected chi connectivity index (χ4v) is 3.66. The molecule has 2 nitrogen and oxygen atoms in total. The summed E-state index contributed by atoms with van der Waals surface area (Å²) in [5, 5.41) is 0. The van der Waals surface area contributed by atoms with E-state index in [0.29, 0.717) is 0 Å². The molecule has 0 fully saturated rings. The Morgan fingerprint density at radius 3 is 2.28 bits per heavy atom. The molecule has 1 aromatic heterocycles. The van der Waals surface area contributed by atoms with Crippen LogP contribution in [0, 0.1) is 6.92 Å². The summed E-state index contributed by atoms with van der Waals surface area (Å²) in [6.45, 7) is 3.00. The largest absolute Gasteiger partial charge is 0.319 e. The van der Waals surface area contributed by atoms with Gasteiger partial charge in [-0.3, -0.25) is 0 Å². The van der Waals surface area contributed by atoms with Crippen molar-refractivity contribution in [3.63, 3.8) is 0 Å². The monoisotopic (exact) mass is 322 g/mol. The first-order valence-electron chi connectivity index (χ1n) is 8.62. The van der Waals surface area contributed by atoms with Crippen LogP contribution < -0.4 is 0 Å². The van der Waals surface area contributed by atoms with Gasteiger partial charge in [0, 0.05) is 16.7 Å². The number of benzene rings is 3. The molecule has 1 aliphatic heterocycles. The molecule has 1 aliphatic rings. The second-order valence-electron chi connectivity index (χ2n) is 6.61. The van der Waals surface area contributed by atoms with Gasteiger partial charge in [-0.25, -0.2) is 4.98 Å². The maximum Gasteiger partial charge on any atom is 0.141 e. The molecular formula is C23H18N2. The van der Waals surface area contributed by atoms with Crippen molar-refractivity contribution in [3.8, 4) is 33.9 Å². The Morgan fingerprint density at radius 2 is 1.48 bits per heavy atom. The lowest BCUT2D eigenvalue weighted by Gasteiger charge is -2.09. The van der Waals surface area contributed by atoms with Crippen molar-refractivity contribution in [2.45, 2.75) is 13.5 Å². The van der Waals surface area contributed by atoms with E-state index in [1.165, 1.54) is 33.5 Å². The molecule has 0 atom stereocenters. The van der Waals surface area contributed by atoms with Gasteiger partial charge in [0.1, 0.15) is 5.82 Å². The first-order valence-corrected chi connectivity index (χ1v) is 8.62. The van der Waals surface area contributed by atoms with E-state index < -0.39 is 0 Å². The quantitative estimate of drug-likeness (QED) is 0.416. The smallest absolute Gasteiger partial charge is 0.141 e. The Hall–Kier alpha value is -3.13. The average Bonchev–Trinajstić information content (AvgIpc) is 3.19. The van der Waals surface area contributed by atoms with Crippen LogP contribution >= 0.6 is 0 Å². The molecule has 2 heteroatoms. The predicted octanol–water partition coefficient (Wildman–Crippen LogP) is 5.55. The standard InChI is InChI=1S/C23H18N2/c1-16-11-13-17(14-12-16)21-22(18-7-3-2-4-8-18)25-15-19-9-5-6-10-20(19)23(25)24-21/h2-14H,15H2,1H3. The highest BCUT2D eigenvalue weighted by Gasteiger charge is 2.26. The Labute approximate surface area is 147 Å². The maximum atomic E-state index is 5.07. The number of imidazole rings is 1. The fraction of sp³-hybridized carbons (Fsp3) is 0.0870. The van der Waals surface area contributed by atoms with Gasteiger partial charge >= 0.3 is 0 Å². The third-order valence-electron chi connectivity index (χ3n) is 4.93. The van der Waals surface area contributed by atoms with Crippen molar-refractivity contribution in [2.75, 3.05) is 0 Å². The van der Waals surface area contributed by atoms with Gasteiger partial charge in [0.15, 0.2) is 0 Å². The summed E-state index contributed by atoms with van der Waals surface area (Å²) in [5.41, 5.74) is 8.51. The van der Waals surface area contributed by atoms with E-state index in [1.54, 1.807) is 0 Å². The number of hydrogen-bond donors (Lipinski definition) is 0. The molecule has 0 saturated carbocycles. The summed E-state index contributed by atoms with van der Waals surface area (Å²) >= 11 is 0. The first-order chi connectivity index (χ1) is 12.3. The van der Waals surface area contributed by atoms with Crippen molar-refractivity contribution in [3.05, 3.63) is 90.0 Å². The van der Waals surface area contributed by atoms with Crippen molar-refractivity contribution in [1.29, 1.82) is 0 Å². The highest BCUT2D eigenvalue weighted by atomic mass is 15.1. The summed E-state index contributed by atoms with van der Waals surface area (Å²) < 4.78 is 2.36. The second kappa shape index (κ2) is 5.45. The van der Waals surface area contributed by atoms with Gasteiger partial charge in [0.05, 0.1) is 17.9 Å². The van der Waals surface area contributed by atoms with Crippen LogP contribution in [0.5, 0.6) is 0 Å². The molecule has 25 heavy (non-hydrogen) atoms. The molecule has 0 spiro atoms. The van der Waals surface area contributed by atoms with Crippen LogP contribution in [-0.2, 0) is 6.54 Å². The van der Waals surface area contributed by atoms with Gasteiger partial charge in [-0.2, -0.15) is 0 Å². The van der Waals surface area contributed by atoms with E-state index in [0.717, 1.165) is 18.1 Å². The predicted molar refractivity (Wildman–Crippen MR) is 102 cm³/mol. The Kier molecular flexibility index (Phi) is 3.10. The topological polar surface area (TPSA) is 17.8 Å². The van der Waals surface area contributed by atoms with Gasteiger partial charge in [0.2, 0.25) is 0 Å². The number of fused-ring (bicyclic) bond motifs is 3. The minimum atomic E-state index is 0.884. The zero-order valence-electron chi connectivity index (χ0n) is 14.1. The Morgan fingerprint density at radius 1 is 0.760 bits per heavy atom. The number of aryl methyl sites for hydroxylation is 1. The lowest BCUT2D eigenvalue weighted by Crippen LogP contribution is -1.97. The molecular weight excluding hydrogens is 304 g/mol. The highest BCUT2D eigenvalue weighted by Crippen LogP contribution is 2.41. The molecule has 4 aromatic rings. The molecule has 3 aromatic carbocycles. The Bertz CT molecular complexity index is 1060. The molecule has 0 unspecified atom stereocenters. The number of aromatic nitrogens is 2. The second-order valence-corrected chi connectivity index (χ2v) is 6.61. The van der Waals surface area contributed by atoms with E-state index >= 15 is 0 Å². The minimum absolute atomic E-state index is 0.884. The van der Waals surface area contributed by atoms with E-state index in [2.05, 4.69) is 90.4 Å². The third-order valence-corrected chi connectivity index (χ3v) is 4.93. The maximum absolute atomic E-state index is 5.07. The summed E-state index contributed by atoms with van der Waals surface area (Å²) in [6, 6.07) is 27.8. The molecule has 0 N–H and O–H groups in total. The van der Waals surface area contributed by atoms with Crippen molar-refractivity contribution < 1.29 is 0 Å². The third kappa shape index (κ3) is 2.22. The molecule has 0 amide bonds. The summed E-state index contributed by atoms with van der Waals surface area (Å²) in [4.78, 5) is 5.07. The van der Waals surface area contributed by atoms with Gasteiger partial charge in [0.25, 0.3) is 0 Å². The van der Waals surface area contributed by atoms with Crippen LogP contribution in [0.3, 0.4) is 0 Å². The van der Waals surface area contributed by atoms with Gasteiger partial charge in [-0.15, -0.1) is 0 Å². The van der Waals surface area contributed by atoms with Crippen molar-refractivity contribution in [2.24, 2.45) is 0 Å². The molecule has 0 bridgehead atoms. The minimum Gasteiger partial charge on any atom is -0.319 e. The van der Waals surface area contributed by atoms with Gasteiger partial charge in [-0.05, 0) is 12.5 Å².